The van der Waals surface area contributed by atoms with Crippen molar-refractivity contribution in [1.82, 2.24) is 3.71 Å². The van der Waals surface area contributed by atoms with Crippen LogP contribution in [0, 0.1) is 5.92 Å². The highest BCUT2D eigenvalue weighted by molar-refractivity contribution is 8.04. The molecule has 0 aliphatic carbocycles. The molecule has 0 saturated heterocycles. The summed E-state index contributed by atoms with van der Waals surface area (Å²) in [6.07, 6.45) is 0. The number of rotatable bonds is 9. The number of benzene rings is 3. The molecular weight excluding hydrogens is 465 g/mol. The van der Waals surface area contributed by atoms with Crippen molar-refractivity contribution in [3.05, 3.63) is 96.6 Å². The SMILES string of the molecule is CC(C)(F)C(CN(S(=O)(=O)c1ccccc1)S(=O)(=O)c1ccccc1)C(=O)c1ccccc1. The van der Waals surface area contributed by atoms with Crippen LogP contribution in [0.5, 0.6) is 0 Å². The summed E-state index contributed by atoms with van der Waals surface area (Å²) >= 11 is 0. The van der Waals surface area contributed by atoms with Gasteiger partial charge in [0.15, 0.2) is 5.78 Å². The Bertz CT molecular complexity index is 1240. The quantitative estimate of drug-likeness (QED) is 0.418. The average molecular weight is 490 g/mol. The Labute approximate surface area is 193 Å². The molecular formula is C24H24FNO5S2. The first-order valence-electron chi connectivity index (χ1n) is 10.1. The molecule has 1 unspecified atom stereocenters. The topological polar surface area (TPSA) is 88.6 Å². The van der Waals surface area contributed by atoms with Gasteiger partial charge in [-0.3, -0.25) is 4.79 Å². The number of halogens is 1. The molecule has 0 radical (unpaired) electrons. The van der Waals surface area contributed by atoms with Crippen LogP contribution in [0.2, 0.25) is 0 Å². The minimum atomic E-state index is -4.65. The lowest BCUT2D eigenvalue weighted by Crippen LogP contribution is -2.47. The maximum absolute atomic E-state index is 15.3. The van der Waals surface area contributed by atoms with E-state index in [0.717, 1.165) is 13.8 Å². The molecule has 0 heterocycles. The molecule has 0 fully saturated rings. The van der Waals surface area contributed by atoms with Crippen molar-refractivity contribution in [2.45, 2.75) is 29.3 Å². The Morgan fingerprint density at radius 3 is 1.48 bits per heavy atom. The number of alkyl halides is 1. The Morgan fingerprint density at radius 1 is 0.758 bits per heavy atom. The van der Waals surface area contributed by atoms with Crippen LogP contribution in [0.15, 0.2) is 101 Å². The van der Waals surface area contributed by atoms with E-state index in [1.165, 1.54) is 60.7 Å². The number of carbonyl (C=O) groups is 1. The maximum Gasteiger partial charge on any atom is 0.256 e. The molecule has 0 aliphatic rings. The van der Waals surface area contributed by atoms with E-state index in [4.69, 9.17) is 0 Å². The molecule has 0 aromatic heterocycles. The van der Waals surface area contributed by atoms with Gasteiger partial charge in [-0.2, -0.15) is 0 Å². The van der Waals surface area contributed by atoms with E-state index >= 15 is 4.39 Å². The highest BCUT2D eigenvalue weighted by Gasteiger charge is 2.44. The van der Waals surface area contributed by atoms with Gasteiger partial charge in [-0.15, -0.1) is 0 Å². The highest BCUT2D eigenvalue weighted by atomic mass is 32.3. The molecule has 33 heavy (non-hydrogen) atoms. The van der Waals surface area contributed by atoms with Gasteiger partial charge in [0, 0.05) is 12.1 Å². The van der Waals surface area contributed by atoms with Gasteiger partial charge >= 0.3 is 0 Å². The fourth-order valence-electron chi connectivity index (χ4n) is 3.31. The lowest BCUT2D eigenvalue weighted by Gasteiger charge is -2.31. The molecule has 3 rings (SSSR count). The predicted octanol–water partition coefficient (Wildman–Crippen LogP) is 4.31. The Hall–Kier alpha value is -2.88. The van der Waals surface area contributed by atoms with E-state index in [1.54, 1.807) is 30.3 Å². The van der Waals surface area contributed by atoms with E-state index in [-0.39, 0.29) is 19.1 Å². The zero-order valence-corrected chi connectivity index (χ0v) is 19.8. The van der Waals surface area contributed by atoms with Gasteiger partial charge < -0.3 is 0 Å². The van der Waals surface area contributed by atoms with E-state index in [0.29, 0.717) is 0 Å². The fourth-order valence-corrected chi connectivity index (χ4v) is 7.02. The first-order valence-corrected chi connectivity index (χ1v) is 13.0. The van der Waals surface area contributed by atoms with Gasteiger partial charge in [-0.05, 0) is 38.1 Å². The van der Waals surface area contributed by atoms with Gasteiger partial charge in [-0.1, -0.05) is 70.4 Å². The van der Waals surface area contributed by atoms with Gasteiger partial charge in [0.1, 0.15) is 5.67 Å². The molecule has 1 atom stereocenters. The maximum atomic E-state index is 15.3. The van der Waals surface area contributed by atoms with E-state index in [9.17, 15) is 21.6 Å². The third-order valence-electron chi connectivity index (χ3n) is 5.15. The van der Waals surface area contributed by atoms with Crippen molar-refractivity contribution in [3.63, 3.8) is 0 Å². The molecule has 0 saturated carbocycles. The second-order valence-corrected chi connectivity index (χ2v) is 11.9. The number of ketones is 1. The lowest BCUT2D eigenvalue weighted by molar-refractivity contribution is 0.0681. The van der Waals surface area contributed by atoms with E-state index in [1.807, 2.05) is 0 Å². The monoisotopic (exact) mass is 489 g/mol. The number of carbonyl (C=O) groups excluding carboxylic acids is 1. The van der Waals surface area contributed by atoms with Crippen LogP contribution in [0.1, 0.15) is 24.2 Å². The van der Waals surface area contributed by atoms with Crippen molar-refractivity contribution in [2.75, 3.05) is 6.54 Å². The normalized spacial score (nSPS) is 13.6. The summed E-state index contributed by atoms with van der Waals surface area (Å²) in [4.78, 5) is 12.6. The van der Waals surface area contributed by atoms with Crippen LogP contribution in [0.4, 0.5) is 4.39 Å². The van der Waals surface area contributed by atoms with Crippen LogP contribution in [0.3, 0.4) is 0 Å². The molecule has 0 bridgehead atoms. The van der Waals surface area contributed by atoms with Crippen molar-refractivity contribution < 1.29 is 26.0 Å². The molecule has 3 aromatic carbocycles. The van der Waals surface area contributed by atoms with Crippen molar-refractivity contribution in [3.8, 4) is 0 Å². The molecule has 0 N–H and O–H groups in total. The number of Topliss-reactive ketones (excluding diaryl/α,β-unsaturated/α-hetero) is 1. The third-order valence-corrected chi connectivity index (χ3v) is 9.44. The van der Waals surface area contributed by atoms with Crippen LogP contribution < -0.4 is 0 Å². The summed E-state index contributed by atoms with van der Waals surface area (Å²) in [5, 5.41) is 0. The Kier molecular flexibility index (Phi) is 7.16. The fraction of sp³-hybridized carbons (Fsp3) is 0.208. The third kappa shape index (κ3) is 5.38. The second-order valence-electron chi connectivity index (χ2n) is 7.94. The Balaban J connectivity index is 2.17. The van der Waals surface area contributed by atoms with Crippen LogP contribution in [-0.4, -0.2) is 38.5 Å². The molecule has 0 amide bonds. The minimum absolute atomic E-state index is 0.155. The molecule has 6 nitrogen and oxygen atoms in total. The lowest BCUT2D eigenvalue weighted by atomic mass is 9.86. The summed E-state index contributed by atoms with van der Waals surface area (Å²) in [7, 11) is -9.30. The molecule has 174 valence electrons. The van der Waals surface area contributed by atoms with Crippen molar-refractivity contribution in [2.24, 2.45) is 5.92 Å². The van der Waals surface area contributed by atoms with Crippen LogP contribution in [-0.2, 0) is 20.0 Å². The number of hydrogen-bond acceptors (Lipinski definition) is 5. The molecule has 0 aliphatic heterocycles. The van der Waals surface area contributed by atoms with E-state index < -0.39 is 44.0 Å². The Morgan fingerprint density at radius 2 is 1.12 bits per heavy atom. The largest absolute Gasteiger partial charge is 0.294 e. The molecule has 3 aromatic rings. The summed E-state index contributed by atoms with van der Waals surface area (Å²) in [5.41, 5.74) is -2.06. The minimum Gasteiger partial charge on any atom is -0.294 e. The number of hydrogen-bond donors (Lipinski definition) is 0. The summed E-state index contributed by atoms with van der Waals surface area (Å²) in [5.74, 6) is -2.28. The summed E-state index contributed by atoms with van der Waals surface area (Å²) in [6, 6.07) is 21.8. The van der Waals surface area contributed by atoms with Crippen molar-refractivity contribution in [1.29, 1.82) is 0 Å². The molecule has 9 heteroatoms. The van der Waals surface area contributed by atoms with Crippen LogP contribution in [0.25, 0.3) is 0 Å². The van der Waals surface area contributed by atoms with Gasteiger partial charge in [0.2, 0.25) is 0 Å². The highest BCUT2D eigenvalue weighted by Crippen LogP contribution is 2.32. The summed E-state index contributed by atoms with van der Waals surface area (Å²) in [6.45, 7) is 1.35. The zero-order chi connectivity index (χ0) is 24.3. The predicted molar refractivity (Wildman–Crippen MR) is 123 cm³/mol. The van der Waals surface area contributed by atoms with Crippen molar-refractivity contribution >= 4 is 25.8 Å². The number of sulfonamides is 2. The van der Waals surface area contributed by atoms with Gasteiger partial charge in [0.25, 0.3) is 20.0 Å². The van der Waals surface area contributed by atoms with Crippen LogP contribution >= 0.6 is 0 Å². The summed E-state index contributed by atoms with van der Waals surface area (Å²) < 4.78 is 69.5. The number of nitrogens with zero attached hydrogens (tertiary/aromatic N) is 1. The van der Waals surface area contributed by atoms with Gasteiger partial charge in [0.05, 0.1) is 15.7 Å². The smallest absolute Gasteiger partial charge is 0.256 e. The average Bonchev–Trinajstić information content (AvgIpc) is 2.79. The van der Waals surface area contributed by atoms with Gasteiger partial charge in [-0.25, -0.2) is 21.2 Å². The standard InChI is InChI=1S/C24H24FNO5S2/c1-24(2,25)22(23(27)19-12-6-3-7-13-19)18-26(32(28,29)20-14-8-4-9-15-20)33(30,31)21-16-10-5-11-17-21/h3-17,22H,18H2,1-2H3. The first kappa shape index (κ1) is 24.8. The second kappa shape index (κ2) is 9.54. The first-order chi connectivity index (χ1) is 15.5. The zero-order valence-electron chi connectivity index (χ0n) is 18.1. The van der Waals surface area contributed by atoms with E-state index in [2.05, 4.69) is 0 Å². The molecule has 0 spiro atoms.